The summed E-state index contributed by atoms with van der Waals surface area (Å²) in [5.41, 5.74) is 3.99. The van der Waals surface area contributed by atoms with Crippen molar-refractivity contribution < 1.29 is 27.4 Å². The molecular weight excluding hydrogens is 745 g/mol. The number of ether oxygens (including phenoxy) is 3. The normalized spacial score (nSPS) is 17.4. The first-order valence-corrected chi connectivity index (χ1v) is 17.4. The highest BCUT2D eigenvalue weighted by Gasteiger charge is 2.45. The van der Waals surface area contributed by atoms with E-state index in [-0.39, 0.29) is 0 Å². The Hall–Kier alpha value is -3.75. The number of halogens is 5. The van der Waals surface area contributed by atoms with Gasteiger partial charge in [0.2, 0.25) is 0 Å². The van der Waals surface area contributed by atoms with Crippen molar-refractivity contribution in [2.24, 2.45) is 0 Å². The van der Waals surface area contributed by atoms with Gasteiger partial charge in [-0.25, -0.2) is 0 Å². The van der Waals surface area contributed by atoms with Crippen LogP contribution in [0.4, 0.5) is 13.2 Å². The van der Waals surface area contributed by atoms with Gasteiger partial charge in [-0.3, -0.25) is 0 Å². The SMILES string of the molecule is CCCCOc1ccc(C2(c3ccc(OC)cc3)C=Cc3c4c(c5ccc(C(F)(F)F)cc5c3O2)-c2cc(Br)cc(Br)c2C4(C)C)cc1. The lowest BCUT2D eigenvalue weighted by atomic mass is 9.76. The Bertz CT molecular complexity index is 2080. The summed E-state index contributed by atoms with van der Waals surface area (Å²) in [6.07, 6.45) is 1.50. The molecule has 0 aromatic heterocycles. The summed E-state index contributed by atoms with van der Waals surface area (Å²) in [6, 6.07) is 23.4. The van der Waals surface area contributed by atoms with Crippen molar-refractivity contribution in [1.29, 1.82) is 0 Å². The average Bonchev–Trinajstić information content (AvgIpc) is 3.31. The number of alkyl halides is 3. The maximum absolute atomic E-state index is 14.3. The Morgan fingerprint density at radius 2 is 1.48 bits per heavy atom. The molecule has 1 aliphatic heterocycles. The van der Waals surface area contributed by atoms with E-state index in [1.807, 2.05) is 66.7 Å². The molecule has 0 saturated carbocycles. The number of unbranched alkanes of at least 4 members (excludes halogenated alkanes) is 1. The monoisotopic (exact) mass is 776 g/mol. The van der Waals surface area contributed by atoms with Gasteiger partial charge in [-0.2, -0.15) is 13.2 Å². The molecule has 5 aromatic carbocycles. The third-order valence-electron chi connectivity index (χ3n) is 9.52. The Morgan fingerprint density at radius 1 is 0.812 bits per heavy atom. The van der Waals surface area contributed by atoms with Crippen LogP contribution in [0.15, 0.2) is 93.9 Å². The number of hydrogen-bond donors (Lipinski definition) is 0. The van der Waals surface area contributed by atoms with Crippen LogP contribution in [-0.4, -0.2) is 13.7 Å². The summed E-state index contributed by atoms with van der Waals surface area (Å²) >= 11 is 7.44. The summed E-state index contributed by atoms with van der Waals surface area (Å²) in [5, 5.41) is 1.10. The van der Waals surface area contributed by atoms with E-state index in [0.29, 0.717) is 28.9 Å². The molecule has 7 rings (SSSR count). The third kappa shape index (κ3) is 5.23. The summed E-state index contributed by atoms with van der Waals surface area (Å²) < 4.78 is 63.3. The van der Waals surface area contributed by atoms with Crippen LogP contribution < -0.4 is 14.2 Å². The summed E-state index contributed by atoms with van der Waals surface area (Å²) in [4.78, 5) is 0. The number of hydrogen-bond acceptors (Lipinski definition) is 3. The third-order valence-corrected chi connectivity index (χ3v) is 10.6. The van der Waals surface area contributed by atoms with Crippen LogP contribution in [0.3, 0.4) is 0 Å². The van der Waals surface area contributed by atoms with E-state index in [4.69, 9.17) is 14.2 Å². The van der Waals surface area contributed by atoms with Crippen LogP contribution >= 0.6 is 31.9 Å². The molecule has 8 heteroatoms. The van der Waals surface area contributed by atoms with Gasteiger partial charge in [-0.05, 0) is 88.7 Å². The highest BCUT2D eigenvalue weighted by Crippen LogP contribution is 2.60. The molecule has 0 radical (unpaired) electrons. The van der Waals surface area contributed by atoms with Crippen molar-refractivity contribution in [2.45, 2.75) is 50.8 Å². The maximum atomic E-state index is 14.3. The largest absolute Gasteiger partial charge is 0.497 e. The van der Waals surface area contributed by atoms with Crippen molar-refractivity contribution in [1.82, 2.24) is 0 Å². The molecule has 0 spiro atoms. The van der Waals surface area contributed by atoms with Crippen molar-refractivity contribution in [3.8, 4) is 28.4 Å². The van der Waals surface area contributed by atoms with E-state index in [1.165, 1.54) is 12.1 Å². The minimum atomic E-state index is -4.53. The lowest BCUT2D eigenvalue weighted by Crippen LogP contribution is -2.35. The Balaban J connectivity index is 1.51. The van der Waals surface area contributed by atoms with E-state index in [2.05, 4.69) is 58.7 Å². The molecular formula is C40H33Br2F3O3. The highest BCUT2D eigenvalue weighted by molar-refractivity contribution is 9.11. The maximum Gasteiger partial charge on any atom is 0.416 e. The molecule has 0 fully saturated rings. The van der Waals surface area contributed by atoms with Crippen LogP contribution in [0.2, 0.25) is 0 Å². The van der Waals surface area contributed by atoms with Crippen LogP contribution in [0.25, 0.3) is 28.0 Å². The number of benzene rings is 5. The van der Waals surface area contributed by atoms with E-state index in [9.17, 15) is 13.2 Å². The van der Waals surface area contributed by atoms with Gasteiger partial charge < -0.3 is 14.2 Å². The van der Waals surface area contributed by atoms with Gasteiger partial charge >= 0.3 is 6.18 Å². The Morgan fingerprint density at radius 3 is 2.10 bits per heavy atom. The second-order valence-corrected chi connectivity index (χ2v) is 14.6. The zero-order valence-electron chi connectivity index (χ0n) is 26.9. The first kappa shape index (κ1) is 32.8. The fourth-order valence-corrected chi connectivity index (χ4v) is 8.95. The van der Waals surface area contributed by atoms with Gasteiger partial charge in [0.1, 0.15) is 17.2 Å². The summed E-state index contributed by atoms with van der Waals surface area (Å²) in [5.74, 6) is 1.84. The Kier molecular flexibility index (Phi) is 8.19. The van der Waals surface area contributed by atoms with E-state index in [1.54, 1.807) is 13.2 Å². The minimum absolute atomic E-state index is 0.403. The molecule has 0 saturated heterocycles. The predicted octanol–water partition coefficient (Wildman–Crippen LogP) is 12.2. The molecule has 0 amide bonds. The number of fused-ring (bicyclic) bond motifs is 8. The number of methoxy groups -OCH3 is 1. The van der Waals surface area contributed by atoms with Crippen molar-refractivity contribution in [3.05, 3.63) is 127 Å². The van der Waals surface area contributed by atoms with Crippen molar-refractivity contribution >= 4 is 48.7 Å². The molecule has 3 nitrogen and oxygen atoms in total. The molecule has 1 atom stereocenters. The lowest BCUT2D eigenvalue weighted by Gasteiger charge is -2.38. The zero-order chi connectivity index (χ0) is 34.0. The fraction of sp³-hybridized carbons (Fsp3) is 0.250. The van der Waals surface area contributed by atoms with Gasteiger partial charge in [0, 0.05) is 36.4 Å². The molecule has 0 bridgehead atoms. The molecule has 5 aromatic rings. The second kappa shape index (κ2) is 12.0. The van der Waals surface area contributed by atoms with E-state index >= 15 is 0 Å². The molecule has 1 heterocycles. The van der Waals surface area contributed by atoms with E-state index < -0.39 is 22.8 Å². The summed E-state index contributed by atoms with van der Waals surface area (Å²) in [6.45, 7) is 7.04. The second-order valence-electron chi connectivity index (χ2n) is 12.8. The lowest BCUT2D eigenvalue weighted by molar-refractivity contribution is -0.137. The average molecular weight is 779 g/mol. The van der Waals surface area contributed by atoms with Gasteiger partial charge in [-0.15, -0.1) is 0 Å². The quantitative estimate of drug-likeness (QED) is 0.154. The molecule has 1 aliphatic carbocycles. The van der Waals surface area contributed by atoms with Crippen LogP contribution in [0.5, 0.6) is 17.2 Å². The first-order valence-electron chi connectivity index (χ1n) is 15.9. The standard InChI is InChI=1S/C40H33Br2F3O3/c1-5-6-19-47-28-14-9-24(10-15-28)39(23-7-12-27(46-4)13-8-23)18-17-30-36-34(32-21-26(41)22-33(42)35(32)38(36,2)3)29-16-11-25(40(43,44)45)20-31(29)37(30)48-39/h7-18,20-22H,5-6,19H2,1-4H3. The van der Waals surface area contributed by atoms with Crippen LogP contribution in [-0.2, 0) is 17.2 Å². The molecule has 246 valence electrons. The molecule has 1 unspecified atom stereocenters. The van der Waals surface area contributed by atoms with E-state index in [0.717, 1.165) is 66.5 Å². The van der Waals surface area contributed by atoms with Gasteiger partial charge in [0.05, 0.1) is 19.3 Å². The molecule has 48 heavy (non-hydrogen) atoms. The van der Waals surface area contributed by atoms with Crippen LogP contribution in [0.1, 0.15) is 67.0 Å². The van der Waals surface area contributed by atoms with Gasteiger partial charge in [-0.1, -0.05) is 95.5 Å². The Labute approximate surface area is 295 Å². The van der Waals surface area contributed by atoms with Crippen molar-refractivity contribution in [2.75, 3.05) is 13.7 Å². The summed E-state index contributed by atoms with van der Waals surface area (Å²) in [7, 11) is 1.61. The zero-order valence-corrected chi connectivity index (χ0v) is 30.1. The van der Waals surface area contributed by atoms with Crippen LogP contribution in [0, 0.1) is 0 Å². The first-order chi connectivity index (χ1) is 22.9. The predicted molar refractivity (Wildman–Crippen MR) is 192 cm³/mol. The molecule has 2 aliphatic rings. The highest BCUT2D eigenvalue weighted by atomic mass is 79.9. The number of rotatable bonds is 7. The minimum Gasteiger partial charge on any atom is -0.497 e. The topological polar surface area (TPSA) is 27.7 Å². The smallest absolute Gasteiger partial charge is 0.416 e. The van der Waals surface area contributed by atoms with Crippen molar-refractivity contribution in [3.63, 3.8) is 0 Å². The fourth-order valence-electron chi connectivity index (χ4n) is 7.23. The molecule has 0 N–H and O–H groups in total. The van der Waals surface area contributed by atoms with Gasteiger partial charge in [0.25, 0.3) is 0 Å². The van der Waals surface area contributed by atoms with Gasteiger partial charge in [0.15, 0.2) is 5.60 Å².